The SMILES string of the molecule is CCCN(Cc1nc2ccc(Cl)cc2n1CCC)C(=O)c1cccc(CNC)c1. The number of rotatable bonds is 9. The maximum atomic E-state index is 13.3. The topological polar surface area (TPSA) is 50.2 Å². The molecular weight excluding hydrogens is 384 g/mol. The molecule has 0 aliphatic heterocycles. The largest absolute Gasteiger partial charge is 0.331 e. The van der Waals surface area contributed by atoms with Crippen LogP contribution in [0.3, 0.4) is 0 Å². The summed E-state index contributed by atoms with van der Waals surface area (Å²) in [5.74, 6) is 0.940. The van der Waals surface area contributed by atoms with Crippen LogP contribution in [-0.2, 0) is 19.6 Å². The van der Waals surface area contributed by atoms with Crippen LogP contribution in [0.15, 0.2) is 42.5 Å². The van der Waals surface area contributed by atoms with E-state index in [-0.39, 0.29) is 5.91 Å². The van der Waals surface area contributed by atoms with Crippen LogP contribution in [0.1, 0.15) is 48.4 Å². The monoisotopic (exact) mass is 412 g/mol. The van der Waals surface area contributed by atoms with Crippen molar-refractivity contribution in [3.8, 4) is 0 Å². The lowest BCUT2D eigenvalue weighted by atomic mass is 10.1. The normalized spacial score (nSPS) is 11.2. The minimum atomic E-state index is 0.0398. The summed E-state index contributed by atoms with van der Waals surface area (Å²) in [6.45, 7) is 6.98. The van der Waals surface area contributed by atoms with E-state index in [9.17, 15) is 4.79 Å². The lowest BCUT2D eigenvalue weighted by Gasteiger charge is -2.23. The van der Waals surface area contributed by atoms with Crippen LogP contribution in [0.5, 0.6) is 0 Å². The fourth-order valence-electron chi connectivity index (χ4n) is 3.63. The lowest BCUT2D eigenvalue weighted by molar-refractivity contribution is 0.0737. The Balaban J connectivity index is 1.93. The molecule has 0 spiro atoms. The van der Waals surface area contributed by atoms with Crippen molar-refractivity contribution >= 4 is 28.5 Å². The van der Waals surface area contributed by atoms with Gasteiger partial charge in [-0.1, -0.05) is 37.6 Å². The Morgan fingerprint density at radius 1 is 1.17 bits per heavy atom. The molecule has 154 valence electrons. The molecule has 1 aromatic heterocycles. The van der Waals surface area contributed by atoms with Crippen molar-refractivity contribution in [3.63, 3.8) is 0 Å². The second-order valence-corrected chi connectivity index (χ2v) is 7.71. The maximum absolute atomic E-state index is 13.3. The summed E-state index contributed by atoms with van der Waals surface area (Å²) in [4.78, 5) is 20.0. The molecule has 3 aromatic rings. The second-order valence-electron chi connectivity index (χ2n) is 7.27. The summed E-state index contributed by atoms with van der Waals surface area (Å²) in [7, 11) is 1.91. The van der Waals surface area contributed by atoms with E-state index in [4.69, 9.17) is 16.6 Å². The molecule has 1 N–H and O–H groups in total. The number of hydrogen-bond donors (Lipinski definition) is 1. The van der Waals surface area contributed by atoms with E-state index in [1.165, 1.54) is 0 Å². The molecule has 0 aliphatic carbocycles. The Labute approximate surface area is 177 Å². The summed E-state index contributed by atoms with van der Waals surface area (Å²) in [5.41, 5.74) is 3.75. The molecular formula is C23H29ClN4O. The molecule has 0 aliphatic rings. The molecule has 6 heteroatoms. The van der Waals surface area contributed by atoms with Gasteiger partial charge in [0.1, 0.15) is 5.82 Å². The molecule has 0 fully saturated rings. The quantitative estimate of drug-likeness (QED) is 0.545. The van der Waals surface area contributed by atoms with Gasteiger partial charge in [-0.2, -0.15) is 0 Å². The zero-order chi connectivity index (χ0) is 20.8. The molecule has 2 aromatic carbocycles. The van der Waals surface area contributed by atoms with Crippen molar-refractivity contribution in [2.24, 2.45) is 0 Å². The Kier molecular flexibility index (Phi) is 7.29. The van der Waals surface area contributed by atoms with Crippen LogP contribution < -0.4 is 5.32 Å². The van der Waals surface area contributed by atoms with Crippen molar-refractivity contribution in [3.05, 3.63) is 64.4 Å². The van der Waals surface area contributed by atoms with Gasteiger partial charge in [-0.05, 0) is 55.8 Å². The number of aryl methyl sites for hydroxylation is 1. The van der Waals surface area contributed by atoms with Gasteiger partial charge in [-0.15, -0.1) is 0 Å². The molecule has 29 heavy (non-hydrogen) atoms. The summed E-state index contributed by atoms with van der Waals surface area (Å²) in [6, 6.07) is 13.6. The van der Waals surface area contributed by atoms with Gasteiger partial charge in [-0.3, -0.25) is 4.79 Å². The van der Waals surface area contributed by atoms with Gasteiger partial charge >= 0.3 is 0 Å². The Hall–Kier alpha value is -2.37. The molecule has 5 nitrogen and oxygen atoms in total. The first-order valence-corrected chi connectivity index (χ1v) is 10.6. The number of aromatic nitrogens is 2. The predicted molar refractivity (Wildman–Crippen MR) is 119 cm³/mol. The highest BCUT2D eigenvalue weighted by molar-refractivity contribution is 6.31. The third-order valence-electron chi connectivity index (χ3n) is 4.90. The first kappa shape index (κ1) is 21.3. The summed E-state index contributed by atoms with van der Waals surface area (Å²) < 4.78 is 2.19. The standard InChI is InChI=1S/C23H29ClN4O/c1-4-11-27(23(29)18-8-6-7-17(13-18)15-25-3)16-22-26-20-10-9-19(24)14-21(20)28(22)12-5-2/h6-10,13-14,25H,4-5,11-12,15-16H2,1-3H3. The van der Waals surface area contributed by atoms with Gasteiger partial charge in [-0.25, -0.2) is 4.98 Å². The van der Waals surface area contributed by atoms with Crippen LogP contribution in [0.4, 0.5) is 0 Å². The van der Waals surface area contributed by atoms with E-state index in [2.05, 4.69) is 23.7 Å². The van der Waals surface area contributed by atoms with Crippen LogP contribution in [0, 0.1) is 0 Å². The molecule has 0 saturated heterocycles. The number of halogens is 1. The van der Waals surface area contributed by atoms with Crippen molar-refractivity contribution in [1.29, 1.82) is 0 Å². The number of carbonyl (C=O) groups is 1. The van der Waals surface area contributed by atoms with Gasteiger partial charge in [0.25, 0.3) is 5.91 Å². The van der Waals surface area contributed by atoms with Crippen molar-refractivity contribution in [2.75, 3.05) is 13.6 Å². The van der Waals surface area contributed by atoms with Crippen LogP contribution >= 0.6 is 11.6 Å². The molecule has 0 bridgehead atoms. The predicted octanol–water partition coefficient (Wildman–Crippen LogP) is 4.87. The number of benzene rings is 2. The first-order valence-electron chi connectivity index (χ1n) is 10.2. The summed E-state index contributed by atoms with van der Waals surface area (Å²) in [5, 5.41) is 3.83. The molecule has 0 atom stereocenters. The third kappa shape index (κ3) is 4.98. The molecule has 0 radical (unpaired) electrons. The van der Waals surface area contributed by atoms with Crippen LogP contribution in [0.25, 0.3) is 11.0 Å². The molecule has 3 rings (SSSR count). The summed E-state index contributed by atoms with van der Waals surface area (Å²) in [6.07, 6.45) is 1.88. The Morgan fingerprint density at radius 2 is 2.00 bits per heavy atom. The average molecular weight is 413 g/mol. The molecule has 0 saturated carbocycles. The van der Waals surface area contributed by atoms with Gasteiger partial charge < -0.3 is 14.8 Å². The maximum Gasteiger partial charge on any atom is 0.254 e. The van der Waals surface area contributed by atoms with Gasteiger partial charge in [0, 0.05) is 30.2 Å². The van der Waals surface area contributed by atoms with E-state index >= 15 is 0 Å². The molecule has 1 heterocycles. The number of nitrogens with zero attached hydrogens (tertiary/aromatic N) is 3. The minimum absolute atomic E-state index is 0.0398. The highest BCUT2D eigenvalue weighted by Gasteiger charge is 2.20. The number of nitrogens with one attached hydrogen (secondary N) is 1. The average Bonchev–Trinajstić information content (AvgIpc) is 3.04. The number of hydrogen-bond acceptors (Lipinski definition) is 3. The fourth-order valence-corrected chi connectivity index (χ4v) is 3.80. The van der Waals surface area contributed by atoms with Crippen molar-refractivity contribution < 1.29 is 4.79 Å². The van der Waals surface area contributed by atoms with E-state index in [0.717, 1.165) is 48.4 Å². The lowest BCUT2D eigenvalue weighted by Crippen LogP contribution is -2.32. The number of amides is 1. The van der Waals surface area contributed by atoms with Gasteiger partial charge in [0.15, 0.2) is 0 Å². The van der Waals surface area contributed by atoms with Gasteiger partial charge in [0.05, 0.1) is 17.6 Å². The number of carbonyl (C=O) groups excluding carboxylic acids is 1. The van der Waals surface area contributed by atoms with E-state index in [1.54, 1.807) is 0 Å². The Bertz CT molecular complexity index is 982. The van der Waals surface area contributed by atoms with Crippen molar-refractivity contribution in [2.45, 2.75) is 46.3 Å². The molecule has 1 amide bonds. The van der Waals surface area contributed by atoms with Crippen molar-refractivity contribution in [1.82, 2.24) is 19.8 Å². The Morgan fingerprint density at radius 3 is 2.72 bits per heavy atom. The van der Waals surface area contributed by atoms with Crippen LogP contribution in [-0.4, -0.2) is 34.0 Å². The van der Waals surface area contributed by atoms with E-state index in [1.807, 2.05) is 54.4 Å². The second kappa shape index (κ2) is 9.90. The van der Waals surface area contributed by atoms with Gasteiger partial charge in [0.2, 0.25) is 0 Å². The number of fused-ring (bicyclic) bond motifs is 1. The zero-order valence-electron chi connectivity index (χ0n) is 17.4. The summed E-state index contributed by atoms with van der Waals surface area (Å²) >= 11 is 6.22. The number of imidazole rings is 1. The molecule has 0 unspecified atom stereocenters. The smallest absolute Gasteiger partial charge is 0.254 e. The minimum Gasteiger partial charge on any atom is -0.331 e. The highest BCUT2D eigenvalue weighted by atomic mass is 35.5. The highest BCUT2D eigenvalue weighted by Crippen LogP contribution is 2.23. The third-order valence-corrected chi connectivity index (χ3v) is 5.14. The zero-order valence-corrected chi connectivity index (χ0v) is 18.2. The fraction of sp³-hybridized carbons (Fsp3) is 0.391. The van der Waals surface area contributed by atoms with Crippen LogP contribution in [0.2, 0.25) is 5.02 Å². The van der Waals surface area contributed by atoms with E-state index < -0.39 is 0 Å². The van der Waals surface area contributed by atoms with E-state index in [0.29, 0.717) is 23.7 Å². The first-order chi connectivity index (χ1) is 14.1.